The maximum atomic E-state index is 13.4. The Kier molecular flexibility index (Phi) is 7.89. The van der Waals surface area contributed by atoms with E-state index in [9.17, 15) is 9.59 Å². The molecule has 5 rings (SSSR count). The number of nitrogens with zero attached hydrogens (tertiary/aromatic N) is 2. The number of hydrogen-bond donors (Lipinski definition) is 0. The van der Waals surface area contributed by atoms with Gasteiger partial charge >= 0.3 is 5.97 Å². The zero-order chi connectivity index (χ0) is 26.5. The van der Waals surface area contributed by atoms with Crippen LogP contribution in [0.1, 0.15) is 42.0 Å². The van der Waals surface area contributed by atoms with Crippen LogP contribution in [0.15, 0.2) is 89.5 Å². The molecule has 2 atom stereocenters. The number of hydrazone groups is 1. The van der Waals surface area contributed by atoms with E-state index in [1.54, 1.807) is 18.2 Å². The summed E-state index contributed by atoms with van der Waals surface area (Å²) in [6.45, 7) is 1.13. The van der Waals surface area contributed by atoms with Crippen molar-refractivity contribution in [2.75, 3.05) is 13.2 Å². The Morgan fingerprint density at radius 3 is 2.50 bits per heavy atom. The summed E-state index contributed by atoms with van der Waals surface area (Å²) in [5, 5.41) is 6.96. The lowest BCUT2D eigenvalue weighted by Crippen LogP contribution is -2.35. The van der Waals surface area contributed by atoms with Crippen LogP contribution in [-0.4, -0.2) is 35.8 Å². The molecule has 0 saturated heterocycles. The number of hydrogen-bond acceptors (Lipinski definition) is 5. The van der Waals surface area contributed by atoms with Crippen molar-refractivity contribution in [3.63, 3.8) is 0 Å². The number of rotatable bonds is 7. The van der Waals surface area contributed by atoms with E-state index >= 15 is 0 Å². The second-order valence-corrected chi connectivity index (χ2v) is 9.93. The van der Waals surface area contributed by atoms with Gasteiger partial charge in [-0.2, -0.15) is 5.10 Å². The van der Waals surface area contributed by atoms with Crippen LogP contribution in [0.2, 0.25) is 5.02 Å². The van der Waals surface area contributed by atoms with E-state index in [-0.39, 0.29) is 24.5 Å². The Hall–Kier alpha value is -3.90. The van der Waals surface area contributed by atoms with Crippen LogP contribution in [0.25, 0.3) is 6.08 Å². The van der Waals surface area contributed by atoms with Gasteiger partial charge in [0.25, 0.3) is 5.91 Å². The van der Waals surface area contributed by atoms with E-state index in [0.29, 0.717) is 10.8 Å². The van der Waals surface area contributed by atoms with Gasteiger partial charge < -0.3 is 9.47 Å². The van der Waals surface area contributed by atoms with E-state index in [4.69, 9.17) is 26.2 Å². The van der Waals surface area contributed by atoms with Crippen LogP contribution in [0.5, 0.6) is 5.75 Å². The molecule has 1 fully saturated rings. The van der Waals surface area contributed by atoms with Crippen molar-refractivity contribution in [3.05, 3.63) is 106 Å². The largest absolute Gasteiger partial charge is 0.482 e. The highest BCUT2D eigenvalue weighted by Gasteiger charge is 2.43. The average Bonchev–Trinajstić information content (AvgIpc) is 3.34. The molecule has 0 bridgehead atoms. The second kappa shape index (κ2) is 11.7. The summed E-state index contributed by atoms with van der Waals surface area (Å²) in [4.78, 5) is 25.7. The molecule has 38 heavy (non-hydrogen) atoms. The Morgan fingerprint density at radius 1 is 1.03 bits per heavy atom. The molecule has 6 nitrogen and oxygen atoms in total. The lowest BCUT2D eigenvalue weighted by molar-refractivity contribution is -0.154. The highest BCUT2D eigenvalue weighted by Crippen LogP contribution is 2.44. The van der Waals surface area contributed by atoms with E-state index < -0.39 is 12.6 Å². The highest BCUT2D eigenvalue weighted by atomic mass is 35.5. The first-order valence-corrected chi connectivity index (χ1v) is 13.1. The number of fused-ring (bicyclic) bond motifs is 1. The zero-order valence-electron chi connectivity index (χ0n) is 21.2. The van der Waals surface area contributed by atoms with Crippen molar-refractivity contribution >= 4 is 35.3 Å². The van der Waals surface area contributed by atoms with Gasteiger partial charge in [0.2, 0.25) is 0 Å². The maximum absolute atomic E-state index is 13.4. The van der Waals surface area contributed by atoms with Gasteiger partial charge in [-0.05, 0) is 72.7 Å². The third-order valence-corrected chi connectivity index (χ3v) is 7.31. The molecule has 1 amide bonds. The molecule has 194 valence electrons. The molecule has 0 spiro atoms. The number of carbonyl (C=O) groups excluding carboxylic acids is 2. The summed E-state index contributed by atoms with van der Waals surface area (Å²) in [5.74, 6) is -0.407. The molecule has 7 heteroatoms. The van der Waals surface area contributed by atoms with Gasteiger partial charge in [-0.15, -0.1) is 0 Å². The fraction of sp³-hybridized carbons (Fsp3) is 0.258. The molecule has 2 aliphatic rings. The molecule has 0 radical (unpaired) electrons. The van der Waals surface area contributed by atoms with Crippen LogP contribution in [0.3, 0.4) is 0 Å². The molecule has 1 heterocycles. The van der Waals surface area contributed by atoms with Crippen molar-refractivity contribution in [1.82, 2.24) is 5.01 Å². The predicted molar refractivity (Wildman–Crippen MR) is 148 cm³/mol. The van der Waals surface area contributed by atoms with E-state index in [2.05, 4.69) is 18.2 Å². The summed E-state index contributed by atoms with van der Waals surface area (Å²) in [5.41, 5.74) is 5.05. The summed E-state index contributed by atoms with van der Waals surface area (Å²) in [6, 6.07) is 25.0. The minimum absolute atomic E-state index is 0.0808. The van der Waals surface area contributed by atoms with Crippen LogP contribution in [0.4, 0.5) is 0 Å². The van der Waals surface area contributed by atoms with Crippen molar-refractivity contribution in [2.45, 2.75) is 32.2 Å². The highest BCUT2D eigenvalue weighted by molar-refractivity contribution is 6.31. The van der Waals surface area contributed by atoms with E-state index in [1.165, 1.54) is 5.01 Å². The van der Waals surface area contributed by atoms with Gasteiger partial charge in [-0.25, -0.2) is 9.80 Å². The predicted octanol–water partition coefficient (Wildman–Crippen LogP) is 6.39. The first-order chi connectivity index (χ1) is 18.5. The zero-order valence-corrected chi connectivity index (χ0v) is 21.9. The van der Waals surface area contributed by atoms with Gasteiger partial charge in [0.15, 0.2) is 13.2 Å². The van der Waals surface area contributed by atoms with Crippen LogP contribution in [-0.2, 0) is 14.3 Å². The molecule has 3 aromatic carbocycles. The standard InChI is InChI=1S/C31H29ClN2O4/c1-21-17-25(15-16-27(21)32)37-20-29(36)38-19-28(35)34-31(23-11-6-3-7-12-23)26-14-8-13-24(30(26)33-34)18-22-9-4-2-5-10-22/h2-7,9-12,15-18,26,31H,8,13-14,19-20H2,1H3. The number of allylic oxidation sites excluding steroid dienone is 1. The SMILES string of the molecule is Cc1cc(OCC(=O)OCC(=O)N2N=C3C(=Cc4ccccc4)CCCC3C2c2ccccc2)ccc1Cl. The average molecular weight is 529 g/mol. The normalized spacial score (nSPS) is 19.6. The summed E-state index contributed by atoms with van der Waals surface area (Å²) in [7, 11) is 0. The van der Waals surface area contributed by atoms with Crippen LogP contribution >= 0.6 is 11.6 Å². The van der Waals surface area contributed by atoms with Crippen molar-refractivity contribution < 1.29 is 19.1 Å². The third kappa shape index (κ3) is 5.81. The molecular weight excluding hydrogens is 500 g/mol. The Balaban J connectivity index is 1.31. The van der Waals surface area contributed by atoms with Gasteiger partial charge in [-0.1, -0.05) is 72.3 Å². The Morgan fingerprint density at radius 2 is 1.76 bits per heavy atom. The van der Waals surface area contributed by atoms with Gasteiger partial charge in [0.1, 0.15) is 5.75 Å². The minimum atomic E-state index is -0.629. The fourth-order valence-electron chi connectivity index (χ4n) is 5.04. The lowest BCUT2D eigenvalue weighted by atomic mass is 9.77. The Bertz CT molecular complexity index is 1370. The molecule has 1 aliphatic carbocycles. The number of amides is 1. The van der Waals surface area contributed by atoms with Gasteiger partial charge in [0, 0.05) is 10.9 Å². The fourth-order valence-corrected chi connectivity index (χ4v) is 5.16. The number of ether oxygens (including phenoxy) is 2. The number of carbonyl (C=O) groups is 2. The first kappa shape index (κ1) is 25.7. The second-order valence-electron chi connectivity index (χ2n) is 9.52. The van der Waals surface area contributed by atoms with Crippen LogP contribution in [0, 0.1) is 12.8 Å². The molecular formula is C31H29ClN2O4. The van der Waals surface area contributed by atoms with Crippen molar-refractivity contribution in [1.29, 1.82) is 0 Å². The summed E-state index contributed by atoms with van der Waals surface area (Å²) < 4.78 is 10.8. The molecule has 3 aromatic rings. The first-order valence-electron chi connectivity index (χ1n) is 12.8. The van der Waals surface area contributed by atoms with Crippen LogP contribution < -0.4 is 4.74 Å². The lowest BCUT2D eigenvalue weighted by Gasteiger charge is -2.29. The van der Waals surface area contributed by atoms with Crippen molar-refractivity contribution in [3.8, 4) is 5.75 Å². The van der Waals surface area contributed by atoms with Gasteiger partial charge in [-0.3, -0.25) is 4.79 Å². The summed E-state index contributed by atoms with van der Waals surface area (Å²) in [6.07, 6.45) is 5.02. The maximum Gasteiger partial charge on any atom is 0.344 e. The monoisotopic (exact) mass is 528 g/mol. The number of benzene rings is 3. The number of halogens is 1. The quantitative estimate of drug-likeness (QED) is 0.333. The Labute approximate surface area is 227 Å². The van der Waals surface area contributed by atoms with Crippen molar-refractivity contribution in [2.24, 2.45) is 11.0 Å². The topological polar surface area (TPSA) is 68.2 Å². The van der Waals surface area contributed by atoms with Gasteiger partial charge in [0.05, 0.1) is 11.8 Å². The minimum Gasteiger partial charge on any atom is -0.482 e. The smallest absolute Gasteiger partial charge is 0.344 e. The molecule has 0 N–H and O–H groups in total. The van der Waals surface area contributed by atoms with E-state index in [0.717, 1.165) is 47.2 Å². The molecule has 2 unspecified atom stereocenters. The molecule has 0 aromatic heterocycles. The van der Waals surface area contributed by atoms with E-state index in [1.807, 2.05) is 55.5 Å². The molecule has 1 aliphatic heterocycles. The summed E-state index contributed by atoms with van der Waals surface area (Å²) >= 11 is 6.04. The number of esters is 1. The molecule has 1 saturated carbocycles. The number of aryl methyl sites for hydroxylation is 1. The third-order valence-electron chi connectivity index (χ3n) is 6.88.